The second kappa shape index (κ2) is 6.89. The number of carbonyl (C=O) groups excluding carboxylic acids is 1. The molecule has 0 spiro atoms. The lowest BCUT2D eigenvalue weighted by molar-refractivity contribution is 0.0775. The second-order valence-corrected chi connectivity index (χ2v) is 6.99. The van der Waals surface area contributed by atoms with Gasteiger partial charge in [0.25, 0.3) is 5.91 Å². The van der Waals surface area contributed by atoms with Crippen LogP contribution in [0.1, 0.15) is 52.3 Å². The molecule has 0 radical (unpaired) electrons. The van der Waals surface area contributed by atoms with Crippen LogP contribution in [0.5, 0.6) is 0 Å². The number of nitriles is 1. The van der Waals surface area contributed by atoms with Crippen molar-refractivity contribution in [2.24, 2.45) is 5.92 Å². The van der Waals surface area contributed by atoms with Crippen LogP contribution in [-0.4, -0.2) is 47.8 Å². The van der Waals surface area contributed by atoms with Gasteiger partial charge in [0, 0.05) is 37.6 Å². The SMILES string of the molecule is COC[C@@H]1CN(C(=O)c2cccc(C#N)c2)C[C@H]1c1nc(C2CC2)no1. The number of carbonyl (C=O) groups is 1. The summed E-state index contributed by atoms with van der Waals surface area (Å²) in [5.74, 6) is 1.79. The van der Waals surface area contributed by atoms with E-state index < -0.39 is 0 Å². The summed E-state index contributed by atoms with van der Waals surface area (Å²) >= 11 is 0. The topological polar surface area (TPSA) is 92.2 Å². The van der Waals surface area contributed by atoms with Crippen molar-refractivity contribution in [1.82, 2.24) is 15.0 Å². The van der Waals surface area contributed by atoms with Crippen LogP contribution in [0.4, 0.5) is 0 Å². The van der Waals surface area contributed by atoms with Crippen LogP contribution < -0.4 is 0 Å². The Morgan fingerprint density at radius 1 is 1.42 bits per heavy atom. The molecule has 1 aromatic heterocycles. The van der Waals surface area contributed by atoms with E-state index in [4.69, 9.17) is 14.5 Å². The number of rotatable bonds is 5. The molecule has 1 aromatic carbocycles. The summed E-state index contributed by atoms with van der Waals surface area (Å²) in [6.45, 7) is 1.60. The first-order chi connectivity index (χ1) is 12.7. The van der Waals surface area contributed by atoms with Gasteiger partial charge >= 0.3 is 0 Å². The zero-order valence-electron chi connectivity index (χ0n) is 14.6. The molecule has 0 N–H and O–H groups in total. The highest BCUT2D eigenvalue weighted by Crippen LogP contribution is 2.40. The molecule has 2 heterocycles. The van der Waals surface area contributed by atoms with E-state index in [0.29, 0.717) is 42.6 Å². The summed E-state index contributed by atoms with van der Waals surface area (Å²) in [5, 5.41) is 13.1. The highest BCUT2D eigenvalue weighted by Gasteiger charge is 2.40. The molecule has 0 bridgehead atoms. The summed E-state index contributed by atoms with van der Waals surface area (Å²) in [6, 6.07) is 8.85. The van der Waals surface area contributed by atoms with Gasteiger partial charge in [0.1, 0.15) is 0 Å². The van der Waals surface area contributed by atoms with Crippen molar-refractivity contribution in [2.75, 3.05) is 26.8 Å². The molecule has 1 aliphatic heterocycles. The molecule has 4 rings (SSSR count). The Labute approximate surface area is 151 Å². The number of ether oxygens (including phenoxy) is 1. The lowest BCUT2D eigenvalue weighted by Gasteiger charge is -2.16. The van der Waals surface area contributed by atoms with E-state index in [-0.39, 0.29) is 17.7 Å². The summed E-state index contributed by atoms with van der Waals surface area (Å²) in [4.78, 5) is 19.2. The van der Waals surface area contributed by atoms with E-state index in [1.807, 2.05) is 0 Å². The molecule has 2 aromatic rings. The number of likely N-dealkylation sites (tertiary alicyclic amines) is 1. The van der Waals surface area contributed by atoms with Crippen LogP contribution in [0.2, 0.25) is 0 Å². The Balaban J connectivity index is 1.54. The quantitative estimate of drug-likeness (QED) is 0.820. The Kier molecular flexibility index (Phi) is 4.43. The standard InChI is InChI=1S/C19H20N4O3/c1-25-11-15-9-23(19(24)14-4-2-3-12(7-14)8-20)10-16(15)18-21-17(22-26-18)13-5-6-13/h2-4,7,13,15-16H,5-6,9-11H2,1H3/t15-,16+/m0/s1. The first-order valence-corrected chi connectivity index (χ1v) is 8.81. The molecule has 26 heavy (non-hydrogen) atoms. The van der Waals surface area contributed by atoms with Crippen LogP contribution >= 0.6 is 0 Å². The van der Waals surface area contributed by atoms with Gasteiger partial charge in [0.15, 0.2) is 5.82 Å². The van der Waals surface area contributed by atoms with Crippen LogP contribution in [0.15, 0.2) is 28.8 Å². The highest BCUT2D eigenvalue weighted by molar-refractivity contribution is 5.94. The maximum absolute atomic E-state index is 12.9. The number of methoxy groups -OCH3 is 1. The fourth-order valence-corrected chi connectivity index (χ4v) is 3.51. The Morgan fingerprint density at radius 2 is 2.27 bits per heavy atom. The first kappa shape index (κ1) is 16.7. The van der Waals surface area contributed by atoms with Crippen molar-refractivity contribution in [2.45, 2.75) is 24.7 Å². The van der Waals surface area contributed by atoms with E-state index in [1.165, 1.54) is 0 Å². The fraction of sp³-hybridized carbons (Fsp3) is 0.474. The van der Waals surface area contributed by atoms with Crippen molar-refractivity contribution < 1.29 is 14.1 Å². The number of aromatic nitrogens is 2. The minimum Gasteiger partial charge on any atom is -0.384 e. The number of amides is 1. The average Bonchev–Trinajstić information content (AvgIpc) is 3.25. The van der Waals surface area contributed by atoms with Crippen molar-refractivity contribution >= 4 is 5.91 Å². The minimum absolute atomic E-state index is 0.0296. The zero-order chi connectivity index (χ0) is 18.1. The van der Waals surface area contributed by atoms with Gasteiger partial charge in [-0.3, -0.25) is 4.79 Å². The minimum atomic E-state index is -0.0902. The fourth-order valence-electron chi connectivity index (χ4n) is 3.51. The van der Waals surface area contributed by atoms with E-state index in [2.05, 4.69) is 16.2 Å². The Morgan fingerprint density at radius 3 is 3.00 bits per heavy atom. The van der Waals surface area contributed by atoms with Crippen molar-refractivity contribution in [3.05, 3.63) is 47.1 Å². The number of hydrogen-bond acceptors (Lipinski definition) is 6. The van der Waals surface area contributed by atoms with Gasteiger partial charge in [-0.1, -0.05) is 11.2 Å². The first-order valence-electron chi connectivity index (χ1n) is 8.81. The van der Waals surface area contributed by atoms with Crippen molar-refractivity contribution in [1.29, 1.82) is 5.26 Å². The molecular formula is C19H20N4O3. The lowest BCUT2D eigenvalue weighted by Crippen LogP contribution is -2.29. The molecule has 1 aliphatic carbocycles. The Bertz CT molecular complexity index is 852. The van der Waals surface area contributed by atoms with Crippen LogP contribution in [-0.2, 0) is 4.74 Å². The van der Waals surface area contributed by atoms with E-state index in [0.717, 1.165) is 18.7 Å². The number of nitrogens with zero attached hydrogens (tertiary/aromatic N) is 4. The monoisotopic (exact) mass is 352 g/mol. The predicted octanol–water partition coefficient (Wildman–Crippen LogP) is 2.32. The summed E-state index contributed by atoms with van der Waals surface area (Å²) < 4.78 is 10.8. The van der Waals surface area contributed by atoms with Gasteiger partial charge in [-0.25, -0.2) is 0 Å². The zero-order valence-corrected chi connectivity index (χ0v) is 14.6. The molecule has 7 heteroatoms. The molecule has 1 saturated carbocycles. The molecule has 2 fully saturated rings. The molecule has 0 unspecified atom stereocenters. The third-order valence-electron chi connectivity index (χ3n) is 5.06. The van der Waals surface area contributed by atoms with E-state index in [1.54, 1.807) is 36.3 Å². The molecule has 1 amide bonds. The van der Waals surface area contributed by atoms with Crippen molar-refractivity contribution in [3.8, 4) is 6.07 Å². The predicted molar refractivity (Wildman–Crippen MR) is 91.4 cm³/mol. The highest BCUT2D eigenvalue weighted by atomic mass is 16.5. The summed E-state index contributed by atoms with van der Waals surface area (Å²) in [5.41, 5.74) is 0.996. The average molecular weight is 352 g/mol. The van der Waals surface area contributed by atoms with Crippen LogP contribution in [0, 0.1) is 17.2 Å². The van der Waals surface area contributed by atoms with E-state index in [9.17, 15) is 4.79 Å². The van der Waals surface area contributed by atoms with Gasteiger partial charge < -0.3 is 14.2 Å². The second-order valence-electron chi connectivity index (χ2n) is 6.99. The van der Waals surface area contributed by atoms with Gasteiger partial charge in [-0.2, -0.15) is 10.2 Å². The van der Waals surface area contributed by atoms with E-state index >= 15 is 0 Å². The number of hydrogen-bond donors (Lipinski definition) is 0. The lowest BCUT2D eigenvalue weighted by atomic mass is 9.97. The molecular weight excluding hydrogens is 332 g/mol. The van der Waals surface area contributed by atoms with Crippen LogP contribution in [0.25, 0.3) is 0 Å². The summed E-state index contributed by atoms with van der Waals surface area (Å²) in [6.07, 6.45) is 2.23. The maximum atomic E-state index is 12.9. The Hall–Kier alpha value is -2.72. The molecule has 134 valence electrons. The van der Waals surface area contributed by atoms with Gasteiger partial charge in [-0.05, 0) is 31.0 Å². The van der Waals surface area contributed by atoms with Gasteiger partial charge in [-0.15, -0.1) is 0 Å². The van der Waals surface area contributed by atoms with Gasteiger partial charge in [0.2, 0.25) is 5.89 Å². The molecule has 7 nitrogen and oxygen atoms in total. The maximum Gasteiger partial charge on any atom is 0.253 e. The largest absolute Gasteiger partial charge is 0.384 e. The van der Waals surface area contributed by atoms with Gasteiger partial charge in [0.05, 0.1) is 24.2 Å². The number of benzene rings is 1. The van der Waals surface area contributed by atoms with Crippen LogP contribution in [0.3, 0.4) is 0 Å². The third-order valence-corrected chi connectivity index (χ3v) is 5.06. The molecule has 2 atom stereocenters. The smallest absolute Gasteiger partial charge is 0.253 e. The summed E-state index contributed by atoms with van der Waals surface area (Å²) in [7, 11) is 1.65. The third kappa shape index (κ3) is 3.20. The molecule has 1 saturated heterocycles. The van der Waals surface area contributed by atoms with Crippen molar-refractivity contribution in [3.63, 3.8) is 0 Å². The normalized spacial score (nSPS) is 22.4. The molecule has 2 aliphatic rings.